The molecule has 2 aliphatic rings. The molecule has 1 aromatic rings. The lowest BCUT2D eigenvalue weighted by atomic mass is 10.1. The monoisotopic (exact) mass is 342 g/mol. The van der Waals surface area contributed by atoms with Gasteiger partial charge in [0.05, 0.1) is 6.04 Å². The first kappa shape index (κ1) is 18.0. The van der Waals surface area contributed by atoms with Crippen molar-refractivity contribution in [3.05, 3.63) is 48.0 Å². The third-order valence-corrected chi connectivity index (χ3v) is 4.61. The van der Waals surface area contributed by atoms with Crippen LogP contribution in [-0.2, 0) is 11.3 Å². The minimum atomic E-state index is -0.455. The summed E-state index contributed by atoms with van der Waals surface area (Å²) < 4.78 is 5.62. The van der Waals surface area contributed by atoms with Gasteiger partial charge in [0, 0.05) is 26.2 Å². The normalized spacial score (nSPS) is 22.4. The van der Waals surface area contributed by atoms with Crippen LogP contribution in [0, 0.1) is 5.92 Å². The van der Waals surface area contributed by atoms with Crippen molar-refractivity contribution >= 4 is 6.09 Å². The maximum absolute atomic E-state index is 12.6. The van der Waals surface area contributed by atoms with Gasteiger partial charge in [-0.2, -0.15) is 0 Å². The van der Waals surface area contributed by atoms with Crippen LogP contribution in [0.5, 0.6) is 0 Å². The van der Waals surface area contributed by atoms with Gasteiger partial charge in [-0.25, -0.2) is 4.79 Å². The van der Waals surface area contributed by atoms with E-state index in [-0.39, 0.29) is 12.1 Å². The van der Waals surface area contributed by atoms with Gasteiger partial charge in [-0.1, -0.05) is 42.5 Å². The lowest BCUT2D eigenvalue weighted by Crippen LogP contribution is -2.55. The third kappa shape index (κ3) is 5.60. The zero-order valence-electron chi connectivity index (χ0n) is 15.6. The number of ether oxygens (including phenoxy) is 1. The average molecular weight is 342 g/mol. The minimum Gasteiger partial charge on any atom is -0.444 e. The van der Waals surface area contributed by atoms with Gasteiger partial charge in [0.25, 0.3) is 0 Å². The van der Waals surface area contributed by atoms with Crippen molar-refractivity contribution in [2.75, 3.05) is 19.6 Å². The highest BCUT2D eigenvalue weighted by Gasteiger charge is 2.32. The Morgan fingerprint density at radius 1 is 1.16 bits per heavy atom. The summed E-state index contributed by atoms with van der Waals surface area (Å²) >= 11 is 0. The number of rotatable bonds is 4. The van der Waals surface area contributed by atoms with Gasteiger partial charge in [0.15, 0.2) is 0 Å². The van der Waals surface area contributed by atoms with Gasteiger partial charge in [-0.3, -0.25) is 9.80 Å². The second-order valence-corrected chi connectivity index (χ2v) is 8.18. The Balaban J connectivity index is 1.66. The van der Waals surface area contributed by atoms with Crippen molar-refractivity contribution in [3.8, 4) is 0 Å². The van der Waals surface area contributed by atoms with Crippen molar-refractivity contribution in [2.24, 2.45) is 5.92 Å². The van der Waals surface area contributed by atoms with Crippen LogP contribution in [-0.4, -0.2) is 47.2 Å². The summed E-state index contributed by atoms with van der Waals surface area (Å²) in [4.78, 5) is 16.9. The van der Waals surface area contributed by atoms with Crippen molar-refractivity contribution in [3.63, 3.8) is 0 Å². The van der Waals surface area contributed by atoms with Crippen LogP contribution in [0.25, 0.3) is 0 Å². The van der Waals surface area contributed by atoms with E-state index in [4.69, 9.17) is 4.74 Å². The van der Waals surface area contributed by atoms with E-state index in [0.29, 0.717) is 12.5 Å². The van der Waals surface area contributed by atoms with Crippen LogP contribution in [0.4, 0.5) is 4.79 Å². The molecule has 1 atom stereocenters. The third-order valence-electron chi connectivity index (χ3n) is 4.61. The van der Waals surface area contributed by atoms with Crippen molar-refractivity contribution in [2.45, 2.75) is 51.8 Å². The van der Waals surface area contributed by atoms with E-state index in [1.165, 1.54) is 18.4 Å². The van der Waals surface area contributed by atoms with Gasteiger partial charge >= 0.3 is 6.09 Å². The number of amides is 1. The van der Waals surface area contributed by atoms with Gasteiger partial charge in [0.2, 0.25) is 0 Å². The van der Waals surface area contributed by atoms with Crippen LogP contribution in [0.1, 0.15) is 39.2 Å². The second kappa shape index (κ2) is 7.61. The number of carbonyl (C=O) groups is 1. The van der Waals surface area contributed by atoms with Crippen LogP contribution in [0.15, 0.2) is 42.5 Å². The molecular formula is C21H30N2O2. The number of benzene rings is 1. The Morgan fingerprint density at radius 2 is 1.88 bits per heavy atom. The van der Waals surface area contributed by atoms with Crippen LogP contribution in [0.2, 0.25) is 0 Å². The van der Waals surface area contributed by atoms with E-state index in [1.54, 1.807) is 0 Å². The van der Waals surface area contributed by atoms with E-state index in [9.17, 15) is 4.79 Å². The molecule has 25 heavy (non-hydrogen) atoms. The number of allylic oxidation sites excluding steroid dienone is 1. The molecule has 0 aromatic heterocycles. The zero-order valence-corrected chi connectivity index (χ0v) is 15.6. The largest absolute Gasteiger partial charge is 0.444 e. The summed E-state index contributed by atoms with van der Waals surface area (Å²) in [6, 6.07) is 10.6. The van der Waals surface area contributed by atoms with Crippen molar-refractivity contribution in [1.29, 1.82) is 0 Å². The predicted octanol–water partition coefficient (Wildman–Crippen LogP) is 4.07. The summed E-state index contributed by atoms with van der Waals surface area (Å²) in [5.41, 5.74) is 0.862. The van der Waals surface area contributed by atoms with Crippen LogP contribution < -0.4 is 0 Å². The number of nitrogens with zero attached hydrogens (tertiary/aromatic N) is 2. The molecule has 2 fully saturated rings. The molecule has 1 aromatic carbocycles. The second-order valence-electron chi connectivity index (χ2n) is 8.18. The minimum absolute atomic E-state index is 0.0907. The average Bonchev–Trinajstić information content (AvgIpc) is 3.36. The predicted molar refractivity (Wildman–Crippen MR) is 100 cm³/mol. The van der Waals surface area contributed by atoms with Gasteiger partial charge in [-0.05, 0) is 45.1 Å². The molecule has 1 heterocycles. The first-order valence-corrected chi connectivity index (χ1v) is 9.35. The molecule has 0 radical (unpaired) electrons. The first-order chi connectivity index (χ1) is 11.9. The molecule has 136 valence electrons. The molecule has 1 aliphatic carbocycles. The summed E-state index contributed by atoms with van der Waals surface area (Å²) in [5.74, 6) is 0.713. The Labute approximate surface area is 151 Å². The van der Waals surface area contributed by atoms with Crippen LogP contribution in [0.3, 0.4) is 0 Å². The number of carbonyl (C=O) groups excluding carboxylic acids is 1. The summed E-state index contributed by atoms with van der Waals surface area (Å²) in [6.07, 6.45) is 6.87. The van der Waals surface area contributed by atoms with Crippen LogP contribution >= 0.6 is 0 Å². The maximum Gasteiger partial charge on any atom is 0.410 e. The highest BCUT2D eigenvalue weighted by atomic mass is 16.6. The molecule has 0 unspecified atom stereocenters. The number of piperazine rings is 1. The van der Waals surface area contributed by atoms with E-state index >= 15 is 0 Å². The highest BCUT2D eigenvalue weighted by molar-refractivity contribution is 5.69. The van der Waals surface area contributed by atoms with Gasteiger partial charge in [0.1, 0.15) is 5.60 Å². The molecule has 1 saturated carbocycles. The zero-order chi connectivity index (χ0) is 17.9. The van der Waals surface area contributed by atoms with Crippen molar-refractivity contribution < 1.29 is 9.53 Å². The quantitative estimate of drug-likeness (QED) is 0.773. The number of hydrogen-bond donors (Lipinski definition) is 0. The maximum atomic E-state index is 12.6. The lowest BCUT2D eigenvalue weighted by molar-refractivity contribution is 0.00456. The lowest BCUT2D eigenvalue weighted by Gasteiger charge is -2.40. The van der Waals surface area contributed by atoms with E-state index in [0.717, 1.165) is 19.6 Å². The molecular weight excluding hydrogens is 312 g/mol. The SMILES string of the molecule is CC(C)(C)OC(=O)N1CCN(Cc2ccccc2)C[C@H]1C=CC1CC1. The highest BCUT2D eigenvalue weighted by Crippen LogP contribution is 2.31. The topological polar surface area (TPSA) is 32.8 Å². The van der Waals surface area contributed by atoms with Gasteiger partial charge < -0.3 is 4.74 Å². The molecule has 1 saturated heterocycles. The smallest absolute Gasteiger partial charge is 0.410 e. The molecule has 3 rings (SSSR count). The van der Waals surface area contributed by atoms with Crippen molar-refractivity contribution in [1.82, 2.24) is 9.80 Å². The fourth-order valence-corrected chi connectivity index (χ4v) is 3.14. The summed E-state index contributed by atoms with van der Waals surface area (Å²) in [5, 5.41) is 0. The summed E-state index contributed by atoms with van der Waals surface area (Å²) in [6.45, 7) is 9.14. The Hall–Kier alpha value is -1.81. The van der Waals surface area contributed by atoms with E-state index in [2.05, 4.69) is 41.3 Å². The molecule has 4 nitrogen and oxygen atoms in total. The molecule has 0 bridgehead atoms. The standard InChI is InChI=1S/C21H30N2O2/c1-21(2,3)25-20(24)23-14-13-22(15-18-7-5-4-6-8-18)16-19(23)12-11-17-9-10-17/h4-8,11-12,17,19H,9-10,13-16H2,1-3H3/t19-/m1/s1. The Bertz CT molecular complexity index is 602. The van der Waals surface area contributed by atoms with E-state index in [1.807, 2.05) is 31.7 Å². The summed E-state index contributed by atoms with van der Waals surface area (Å²) in [7, 11) is 0. The Morgan fingerprint density at radius 3 is 2.52 bits per heavy atom. The van der Waals surface area contributed by atoms with E-state index < -0.39 is 5.60 Å². The fraction of sp³-hybridized carbons (Fsp3) is 0.571. The molecule has 1 amide bonds. The Kier molecular flexibility index (Phi) is 5.48. The number of hydrogen-bond acceptors (Lipinski definition) is 3. The molecule has 0 spiro atoms. The molecule has 0 N–H and O–H groups in total. The molecule has 4 heteroatoms. The molecule has 1 aliphatic heterocycles. The fourth-order valence-electron chi connectivity index (χ4n) is 3.14. The first-order valence-electron chi connectivity index (χ1n) is 9.35. The van der Waals surface area contributed by atoms with Gasteiger partial charge in [-0.15, -0.1) is 0 Å².